The van der Waals surface area contributed by atoms with Crippen LogP contribution in [-0.4, -0.2) is 9.91 Å². The minimum Gasteiger partial charge on any atom is -0.482 e. The molecule has 0 saturated carbocycles. The van der Waals surface area contributed by atoms with Gasteiger partial charge in [-0.25, -0.2) is 4.98 Å². The van der Waals surface area contributed by atoms with E-state index in [0.717, 1.165) is 10.6 Å². The molecule has 6 nitrogen and oxygen atoms in total. The minimum absolute atomic E-state index is 0.0798. The zero-order valence-corrected chi connectivity index (χ0v) is 14.4. The predicted octanol–water partition coefficient (Wildman–Crippen LogP) is 4.32. The summed E-state index contributed by atoms with van der Waals surface area (Å²) in [5.74, 6) is 0.236. The van der Waals surface area contributed by atoms with Gasteiger partial charge in [0.15, 0.2) is 5.75 Å². The molecule has 1 heterocycles. The van der Waals surface area contributed by atoms with Gasteiger partial charge in [0.05, 0.1) is 16.7 Å². The molecule has 25 heavy (non-hydrogen) atoms. The average Bonchev–Trinajstić information content (AvgIpc) is 3.11. The van der Waals surface area contributed by atoms with Crippen LogP contribution >= 0.6 is 11.3 Å². The van der Waals surface area contributed by atoms with E-state index in [1.807, 2.05) is 42.6 Å². The molecule has 1 unspecified atom stereocenters. The Bertz CT molecular complexity index is 878. The van der Waals surface area contributed by atoms with Crippen molar-refractivity contribution in [3.63, 3.8) is 0 Å². The number of nitro benzene ring substituents is 1. The third kappa shape index (κ3) is 4.01. The van der Waals surface area contributed by atoms with E-state index in [-0.39, 0.29) is 24.1 Å². The number of aromatic nitrogens is 1. The number of nitro groups is 1. The molecular formula is C18H17N3O3S. The lowest BCUT2D eigenvalue weighted by atomic mass is 10.1. The summed E-state index contributed by atoms with van der Waals surface area (Å²) in [5.41, 5.74) is 8.03. The Kier molecular flexibility index (Phi) is 5.06. The third-order valence-electron chi connectivity index (χ3n) is 3.60. The number of hydrogen-bond donors (Lipinski definition) is 1. The van der Waals surface area contributed by atoms with Crippen LogP contribution in [0.5, 0.6) is 5.75 Å². The molecule has 0 spiro atoms. The maximum atomic E-state index is 11.4. The third-order valence-corrected chi connectivity index (χ3v) is 4.65. The van der Waals surface area contributed by atoms with Gasteiger partial charge in [-0.2, -0.15) is 0 Å². The zero-order valence-electron chi connectivity index (χ0n) is 13.6. The number of nitrogens with two attached hydrogens (primary N) is 1. The summed E-state index contributed by atoms with van der Waals surface area (Å²) < 4.78 is 5.64. The van der Waals surface area contributed by atoms with E-state index < -0.39 is 4.92 Å². The van der Waals surface area contributed by atoms with Crippen LogP contribution < -0.4 is 10.5 Å². The fraction of sp³-hybridized carbons (Fsp3) is 0.167. The van der Waals surface area contributed by atoms with Gasteiger partial charge in [0.1, 0.15) is 11.6 Å². The maximum absolute atomic E-state index is 11.4. The second-order valence-corrected chi connectivity index (χ2v) is 6.46. The molecule has 3 aromatic rings. The van der Waals surface area contributed by atoms with Gasteiger partial charge < -0.3 is 10.5 Å². The Morgan fingerprint density at radius 2 is 2.04 bits per heavy atom. The molecule has 2 aromatic carbocycles. The van der Waals surface area contributed by atoms with Gasteiger partial charge in [-0.3, -0.25) is 10.1 Å². The van der Waals surface area contributed by atoms with Crippen molar-refractivity contribution in [2.45, 2.75) is 19.6 Å². The molecule has 0 radical (unpaired) electrons. The van der Waals surface area contributed by atoms with Crippen molar-refractivity contribution in [3.05, 3.63) is 74.6 Å². The minimum atomic E-state index is -0.442. The van der Waals surface area contributed by atoms with Crippen LogP contribution in [0.2, 0.25) is 0 Å². The molecule has 0 fully saturated rings. The monoisotopic (exact) mass is 355 g/mol. The van der Waals surface area contributed by atoms with Gasteiger partial charge in [-0.1, -0.05) is 30.3 Å². The molecule has 0 aliphatic heterocycles. The first-order valence-corrected chi connectivity index (χ1v) is 8.59. The van der Waals surface area contributed by atoms with Crippen LogP contribution in [-0.2, 0) is 6.61 Å². The standard InChI is InChI=1S/C18H17N3O3S/c1-12(19)18-20-15(11-25-18)14-7-8-17(16(9-14)21(22)23)24-10-13-5-3-2-4-6-13/h2-9,11-12H,10,19H2,1H3. The lowest BCUT2D eigenvalue weighted by Crippen LogP contribution is -2.04. The predicted molar refractivity (Wildman–Crippen MR) is 97.6 cm³/mol. The largest absolute Gasteiger partial charge is 0.482 e. The molecule has 1 atom stereocenters. The number of ether oxygens (including phenoxy) is 1. The Morgan fingerprint density at radius 1 is 1.28 bits per heavy atom. The van der Waals surface area contributed by atoms with E-state index >= 15 is 0 Å². The first-order valence-electron chi connectivity index (χ1n) is 7.71. The van der Waals surface area contributed by atoms with Gasteiger partial charge in [-0.15, -0.1) is 11.3 Å². The summed E-state index contributed by atoms with van der Waals surface area (Å²) in [6.07, 6.45) is 0. The summed E-state index contributed by atoms with van der Waals surface area (Å²) in [6, 6.07) is 14.2. The Hall–Kier alpha value is -2.77. The van der Waals surface area contributed by atoms with Crippen LogP contribution in [0.25, 0.3) is 11.3 Å². The second-order valence-electron chi connectivity index (χ2n) is 5.57. The summed E-state index contributed by atoms with van der Waals surface area (Å²) in [6.45, 7) is 2.12. The first-order chi connectivity index (χ1) is 12.0. The van der Waals surface area contributed by atoms with Crippen molar-refractivity contribution in [2.24, 2.45) is 5.73 Å². The molecule has 2 N–H and O–H groups in total. The Labute approximate surface area is 149 Å². The van der Waals surface area contributed by atoms with Crippen molar-refractivity contribution < 1.29 is 9.66 Å². The first kappa shape index (κ1) is 17.1. The van der Waals surface area contributed by atoms with E-state index in [1.165, 1.54) is 17.4 Å². The SMILES string of the molecule is CC(N)c1nc(-c2ccc(OCc3ccccc3)c([N+](=O)[O-])c2)cs1. The summed E-state index contributed by atoms with van der Waals surface area (Å²) in [7, 11) is 0. The molecule has 7 heteroatoms. The van der Waals surface area contributed by atoms with Crippen LogP contribution in [0.3, 0.4) is 0 Å². The quantitative estimate of drug-likeness (QED) is 0.525. The molecule has 0 aliphatic rings. The number of benzene rings is 2. The number of nitrogens with zero attached hydrogens (tertiary/aromatic N) is 2. The number of thiazole rings is 1. The fourth-order valence-electron chi connectivity index (χ4n) is 2.31. The van der Waals surface area contributed by atoms with E-state index in [9.17, 15) is 10.1 Å². The van der Waals surface area contributed by atoms with Crippen LogP contribution in [0, 0.1) is 10.1 Å². The van der Waals surface area contributed by atoms with Crippen molar-refractivity contribution in [3.8, 4) is 17.0 Å². The molecule has 0 amide bonds. The highest BCUT2D eigenvalue weighted by atomic mass is 32.1. The highest BCUT2D eigenvalue weighted by molar-refractivity contribution is 7.10. The average molecular weight is 355 g/mol. The Balaban J connectivity index is 1.86. The number of rotatable bonds is 6. The molecule has 1 aromatic heterocycles. The highest BCUT2D eigenvalue weighted by Crippen LogP contribution is 2.33. The molecule has 0 saturated heterocycles. The molecular weight excluding hydrogens is 338 g/mol. The molecule has 0 bridgehead atoms. The van der Waals surface area contributed by atoms with Crippen molar-refractivity contribution in [1.82, 2.24) is 4.98 Å². The highest BCUT2D eigenvalue weighted by Gasteiger charge is 2.18. The van der Waals surface area contributed by atoms with Gasteiger partial charge in [0.2, 0.25) is 0 Å². The maximum Gasteiger partial charge on any atom is 0.311 e. The molecule has 128 valence electrons. The van der Waals surface area contributed by atoms with E-state index in [1.54, 1.807) is 12.1 Å². The van der Waals surface area contributed by atoms with Crippen molar-refractivity contribution in [2.75, 3.05) is 0 Å². The van der Waals surface area contributed by atoms with Crippen molar-refractivity contribution in [1.29, 1.82) is 0 Å². The van der Waals surface area contributed by atoms with Crippen LogP contribution in [0.1, 0.15) is 23.5 Å². The topological polar surface area (TPSA) is 91.3 Å². The normalized spacial score (nSPS) is 11.9. The summed E-state index contributed by atoms with van der Waals surface area (Å²) >= 11 is 1.44. The van der Waals surface area contributed by atoms with Crippen LogP contribution in [0.4, 0.5) is 5.69 Å². The number of hydrogen-bond acceptors (Lipinski definition) is 6. The van der Waals surface area contributed by atoms with E-state index in [4.69, 9.17) is 10.5 Å². The molecule has 0 aliphatic carbocycles. The van der Waals surface area contributed by atoms with Gasteiger partial charge >= 0.3 is 5.69 Å². The summed E-state index contributed by atoms with van der Waals surface area (Å²) in [5, 5.41) is 14.1. The van der Waals surface area contributed by atoms with E-state index in [0.29, 0.717) is 11.3 Å². The van der Waals surface area contributed by atoms with Crippen LogP contribution in [0.15, 0.2) is 53.9 Å². The fourth-order valence-corrected chi connectivity index (χ4v) is 3.09. The second kappa shape index (κ2) is 7.42. The van der Waals surface area contributed by atoms with Gasteiger partial charge in [-0.05, 0) is 24.6 Å². The lowest BCUT2D eigenvalue weighted by molar-refractivity contribution is -0.385. The Morgan fingerprint density at radius 3 is 2.68 bits per heavy atom. The van der Waals surface area contributed by atoms with Crippen molar-refractivity contribution >= 4 is 17.0 Å². The van der Waals surface area contributed by atoms with Gasteiger partial charge in [0.25, 0.3) is 0 Å². The summed E-state index contributed by atoms with van der Waals surface area (Å²) in [4.78, 5) is 15.4. The molecule has 3 rings (SSSR count). The zero-order chi connectivity index (χ0) is 17.8. The van der Waals surface area contributed by atoms with E-state index in [2.05, 4.69) is 4.98 Å². The van der Waals surface area contributed by atoms with Gasteiger partial charge in [0, 0.05) is 17.0 Å². The lowest BCUT2D eigenvalue weighted by Gasteiger charge is -2.08. The smallest absolute Gasteiger partial charge is 0.311 e.